The Morgan fingerprint density at radius 2 is 2.05 bits per heavy atom. The third-order valence-corrected chi connectivity index (χ3v) is 2.79. The minimum absolute atomic E-state index is 0.00773. The maximum absolute atomic E-state index is 12.2. The van der Waals surface area contributed by atoms with E-state index in [0.29, 0.717) is 5.56 Å². The standard InChI is InChI=1S/C14H15N3O3/c1-2-20-14(19)12(17-9-8-15-16-17)10-13(18)11-6-4-3-5-7-11/h3-9,12H,2,10H2,1H3. The summed E-state index contributed by atoms with van der Waals surface area (Å²) in [6.07, 6.45) is 2.99. The highest BCUT2D eigenvalue weighted by molar-refractivity contribution is 5.98. The minimum atomic E-state index is -0.787. The number of hydrogen-bond donors (Lipinski definition) is 0. The van der Waals surface area contributed by atoms with Crippen LogP contribution >= 0.6 is 0 Å². The average molecular weight is 273 g/mol. The number of aromatic nitrogens is 3. The topological polar surface area (TPSA) is 74.1 Å². The van der Waals surface area contributed by atoms with Crippen LogP contribution in [-0.4, -0.2) is 33.4 Å². The lowest BCUT2D eigenvalue weighted by atomic mass is 10.0. The van der Waals surface area contributed by atoms with Crippen molar-refractivity contribution in [3.05, 3.63) is 48.3 Å². The lowest BCUT2D eigenvalue weighted by Gasteiger charge is -2.14. The number of carbonyl (C=O) groups excluding carboxylic acids is 2. The van der Waals surface area contributed by atoms with Gasteiger partial charge in [0.1, 0.15) is 0 Å². The molecule has 1 aromatic heterocycles. The number of esters is 1. The van der Waals surface area contributed by atoms with E-state index in [-0.39, 0.29) is 18.8 Å². The van der Waals surface area contributed by atoms with Crippen LogP contribution in [0.1, 0.15) is 29.7 Å². The van der Waals surface area contributed by atoms with Crippen molar-refractivity contribution in [3.8, 4) is 0 Å². The van der Waals surface area contributed by atoms with E-state index in [4.69, 9.17) is 4.74 Å². The molecule has 1 unspecified atom stereocenters. The summed E-state index contributed by atoms with van der Waals surface area (Å²) in [6.45, 7) is 1.97. The van der Waals surface area contributed by atoms with E-state index in [0.717, 1.165) is 0 Å². The molecule has 2 rings (SSSR count). The predicted molar refractivity (Wildman–Crippen MR) is 71.1 cm³/mol. The molecule has 0 saturated carbocycles. The molecule has 0 radical (unpaired) electrons. The van der Waals surface area contributed by atoms with E-state index in [1.54, 1.807) is 37.4 Å². The second-order valence-electron chi connectivity index (χ2n) is 4.14. The van der Waals surface area contributed by atoms with Gasteiger partial charge in [0.2, 0.25) is 0 Å². The smallest absolute Gasteiger partial charge is 0.331 e. The van der Waals surface area contributed by atoms with Gasteiger partial charge in [-0.3, -0.25) is 4.79 Å². The van der Waals surface area contributed by atoms with Gasteiger partial charge in [0, 0.05) is 18.2 Å². The molecule has 1 atom stereocenters. The highest BCUT2D eigenvalue weighted by atomic mass is 16.5. The van der Waals surface area contributed by atoms with Gasteiger partial charge in [-0.05, 0) is 6.92 Å². The highest BCUT2D eigenvalue weighted by Gasteiger charge is 2.26. The van der Waals surface area contributed by atoms with Crippen LogP contribution in [0.4, 0.5) is 0 Å². The van der Waals surface area contributed by atoms with E-state index in [9.17, 15) is 9.59 Å². The van der Waals surface area contributed by atoms with Gasteiger partial charge < -0.3 is 4.74 Å². The first-order valence-corrected chi connectivity index (χ1v) is 6.33. The zero-order valence-corrected chi connectivity index (χ0v) is 11.1. The van der Waals surface area contributed by atoms with Crippen molar-refractivity contribution in [2.24, 2.45) is 0 Å². The molecule has 0 aliphatic heterocycles. The molecule has 104 valence electrons. The van der Waals surface area contributed by atoms with Gasteiger partial charge in [-0.15, -0.1) is 5.10 Å². The third kappa shape index (κ3) is 3.28. The number of Topliss-reactive ketones (excluding diaryl/α,β-unsaturated/α-hetero) is 1. The van der Waals surface area contributed by atoms with Gasteiger partial charge in [-0.2, -0.15) is 0 Å². The molecular weight excluding hydrogens is 258 g/mol. The van der Waals surface area contributed by atoms with Crippen LogP contribution in [0.5, 0.6) is 0 Å². The van der Waals surface area contributed by atoms with Crippen LogP contribution in [0.3, 0.4) is 0 Å². The molecule has 0 bridgehead atoms. The second kappa shape index (κ2) is 6.60. The van der Waals surface area contributed by atoms with Crippen molar-refractivity contribution >= 4 is 11.8 Å². The van der Waals surface area contributed by atoms with Crippen molar-refractivity contribution in [2.45, 2.75) is 19.4 Å². The largest absolute Gasteiger partial charge is 0.464 e. The van der Waals surface area contributed by atoms with Gasteiger partial charge in [0.15, 0.2) is 11.8 Å². The Kier molecular flexibility index (Phi) is 4.60. The van der Waals surface area contributed by atoms with Crippen LogP contribution in [0.15, 0.2) is 42.7 Å². The summed E-state index contributed by atoms with van der Waals surface area (Å²) in [5, 5.41) is 7.44. The number of rotatable bonds is 6. The fourth-order valence-corrected chi connectivity index (χ4v) is 1.82. The average Bonchev–Trinajstić information content (AvgIpc) is 2.99. The SMILES string of the molecule is CCOC(=O)C(CC(=O)c1ccccc1)n1ccnn1. The number of ether oxygens (including phenoxy) is 1. The number of carbonyl (C=O) groups is 2. The molecule has 1 aromatic carbocycles. The van der Waals surface area contributed by atoms with Crippen LogP contribution in [-0.2, 0) is 9.53 Å². The lowest BCUT2D eigenvalue weighted by molar-refractivity contribution is -0.147. The number of hydrogen-bond acceptors (Lipinski definition) is 5. The Morgan fingerprint density at radius 1 is 1.30 bits per heavy atom. The number of nitrogens with zero attached hydrogens (tertiary/aromatic N) is 3. The maximum atomic E-state index is 12.2. The first kappa shape index (κ1) is 13.9. The fraction of sp³-hybridized carbons (Fsp3) is 0.286. The molecule has 0 aliphatic rings. The third-order valence-electron chi connectivity index (χ3n) is 2.79. The Morgan fingerprint density at radius 3 is 2.65 bits per heavy atom. The van der Waals surface area contributed by atoms with Crippen molar-refractivity contribution in [3.63, 3.8) is 0 Å². The Hall–Kier alpha value is -2.50. The van der Waals surface area contributed by atoms with Crippen LogP contribution in [0, 0.1) is 0 Å². The van der Waals surface area contributed by atoms with E-state index < -0.39 is 12.0 Å². The molecule has 2 aromatic rings. The van der Waals surface area contributed by atoms with Gasteiger partial charge in [0.25, 0.3) is 0 Å². The van der Waals surface area contributed by atoms with E-state index in [1.807, 2.05) is 6.07 Å². The zero-order valence-electron chi connectivity index (χ0n) is 11.1. The summed E-state index contributed by atoms with van der Waals surface area (Å²) in [5.74, 6) is -0.624. The molecule has 0 spiro atoms. The Balaban J connectivity index is 2.16. The molecule has 0 aliphatic carbocycles. The maximum Gasteiger partial charge on any atom is 0.331 e. The predicted octanol–water partition coefficient (Wildman–Crippen LogP) is 1.66. The molecule has 0 amide bonds. The molecule has 20 heavy (non-hydrogen) atoms. The van der Waals surface area contributed by atoms with Crippen LogP contribution < -0.4 is 0 Å². The molecular formula is C14H15N3O3. The van der Waals surface area contributed by atoms with Crippen molar-refractivity contribution in [1.82, 2.24) is 15.0 Å². The van der Waals surface area contributed by atoms with Crippen molar-refractivity contribution < 1.29 is 14.3 Å². The van der Waals surface area contributed by atoms with E-state index >= 15 is 0 Å². The summed E-state index contributed by atoms with van der Waals surface area (Å²) in [6, 6.07) is 8.03. The highest BCUT2D eigenvalue weighted by Crippen LogP contribution is 2.16. The van der Waals surface area contributed by atoms with Gasteiger partial charge in [-0.25, -0.2) is 9.48 Å². The van der Waals surface area contributed by atoms with E-state index in [2.05, 4.69) is 10.3 Å². The van der Waals surface area contributed by atoms with Crippen LogP contribution in [0.2, 0.25) is 0 Å². The lowest BCUT2D eigenvalue weighted by Crippen LogP contribution is -2.25. The monoisotopic (exact) mass is 273 g/mol. The summed E-state index contributed by atoms with van der Waals surface area (Å²) in [7, 11) is 0. The van der Waals surface area contributed by atoms with Gasteiger partial charge in [-0.1, -0.05) is 35.5 Å². The molecule has 0 N–H and O–H groups in total. The van der Waals surface area contributed by atoms with Gasteiger partial charge >= 0.3 is 5.97 Å². The molecule has 1 heterocycles. The van der Waals surface area contributed by atoms with Crippen molar-refractivity contribution in [2.75, 3.05) is 6.61 Å². The zero-order chi connectivity index (χ0) is 14.4. The summed E-state index contributed by atoms with van der Waals surface area (Å²) in [5.41, 5.74) is 0.557. The summed E-state index contributed by atoms with van der Waals surface area (Å²) >= 11 is 0. The number of benzene rings is 1. The summed E-state index contributed by atoms with van der Waals surface area (Å²) in [4.78, 5) is 24.1. The summed E-state index contributed by atoms with van der Waals surface area (Å²) < 4.78 is 6.33. The molecule has 6 nitrogen and oxygen atoms in total. The van der Waals surface area contributed by atoms with Crippen molar-refractivity contribution in [1.29, 1.82) is 0 Å². The normalized spacial score (nSPS) is 11.8. The van der Waals surface area contributed by atoms with Gasteiger partial charge in [0.05, 0.1) is 12.8 Å². The first-order chi connectivity index (χ1) is 9.72. The fourth-order valence-electron chi connectivity index (χ4n) is 1.82. The Labute approximate surface area is 116 Å². The minimum Gasteiger partial charge on any atom is -0.464 e. The molecule has 0 saturated heterocycles. The second-order valence-corrected chi connectivity index (χ2v) is 4.14. The van der Waals surface area contributed by atoms with E-state index in [1.165, 1.54) is 10.9 Å². The molecule has 0 fully saturated rings. The molecule has 6 heteroatoms. The first-order valence-electron chi connectivity index (χ1n) is 6.33. The quantitative estimate of drug-likeness (QED) is 0.591. The number of ketones is 1. The Bertz CT molecular complexity index is 567. The van der Waals surface area contributed by atoms with Crippen LogP contribution in [0.25, 0.3) is 0 Å².